The van der Waals surface area contributed by atoms with Crippen LogP contribution >= 0.6 is 0 Å². The number of ether oxygens (including phenoxy) is 2. The summed E-state index contributed by atoms with van der Waals surface area (Å²) in [6.07, 6.45) is 0.573. The Morgan fingerprint density at radius 1 is 1.03 bits per heavy atom. The lowest BCUT2D eigenvalue weighted by molar-refractivity contribution is -0.136. The van der Waals surface area contributed by atoms with Crippen molar-refractivity contribution in [3.8, 4) is 5.75 Å². The van der Waals surface area contributed by atoms with Crippen LogP contribution in [0.1, 0.15) is 45.8 Å². The molecule has 0 aromatic heterocycles. The highest BCUT2D eigenvalue weighted by Crippen LogP contribution is 2.33. The van der Waals surface area contributed by atoms with Crippen molar-refractivity contribution < 1.29 is 23.9 Å². The van der Waals surface area contributed by atoms with Gasteiger partial charge in [0.1, 0.15) is 57.6 Å². The van der Waals surface area contributed by atoms with Gasteiger partial charge in [0.15, 0.2) is 0 Å². The van der Waals surface area contributed by atoms with E-state index in [9.17, 15) is 14.4 Å². The molecule has 13 heteroatoms. The smallest absolute Gasteiger partial charge is 0.255 e. The van der Waals surface area contributed by atoms with Crippen molar-refractivity contribution in [1.82, 2.24) is 15.1 Å². The standard InChI is InChI=1S/C25H32B5N3O5/c26-19-14(20(27)22(29)18(21(19)28)23(30)32-6-8-37-9-7-32)11-38-16-3-1-2-12-13(16)10-33(25(12)36)15-4-5-17(34)31-24(15)35/h1-3,15,23H,4-11,26-30H2,(H,31,34,35). The summed E-state index contributed by atoms with van der Waals surface area (Å²) in [7, 11) is 11.0. The summed E-state index contributed by atoms with van der Waals surface area (Å²) in [6.45, 7) is 4.12. The first kappa shape index (κ1) is 26.7. The number of nitrogens with one attached hydrogen (secondary N) is 1. The van der Waals surface area contributed by atoms with Crippen molar-refractivity contribution in [3.05, 3.63) is 40.5 Å². The summed E-state index contributed by atoms with van der Waals surface area (Å²) in [5, 5.41) is 2.36. The van der Waals surface area contributed by atoms with E-state index in [-0.39, 0.29) is 18.2 Å². The zero-order valence-electron chi connectivity index (χ0n) is 23.0. The Morgan fingerprint density at radius 3 is 2.37 bits per heavy atom. The molecule has 192 valence electrons. The number of benzene rings is 2. The monoisotopic (exact) mass is 509 g/mol. The van der Waals surface area contributed by atoms with Crippen molar-refractivity contribution in [2.75, 3.05) is 26.3 Å². The molecule has 3 aliphatic heterocycles. The van der Waals surface area contributed by atoms with Gasteiger partial charge in [-0.1, -0.05) is 33.5 Å². The number of carbonyl (C=O) groups is 3. The molecule has 2 fully saturated rings. The molecule has 2 aromatic carbocycles. The van der Waals surface area contributed by atoms with Gasteiger partial charge in [0.05, 0.1) is 19.8 Å². The highest BCUT2D eigenvalue weighted by molar-refractivity contribution is 6.58. The first-order valence-electron chi connectivity index (χ1n) is 13.5. The highest BCUT2D eigenvalue weighted by Gasteiger charge is 2.40. The van der Waals surface area contributed by atoms with Crippen molar-refractivity contribution in [3.63, 3.8) is 0 Å². The molecule has 0 bridgehead atoms. The van der Waals surface area contributed by atoms with Crippen LogP contribution in [0.5, 0.6) is 5.75 Å². The lowest BCUT2D eigenvalue weighted by atomic mass is 9.61. The van der Waals surface area contributed by atoms with Crippen LogP contribution in [0.3, 0.4) is 0 Å². The van der Waals surface area contributed by atoms with Gasteiger partial charge < -0.3 is 14.4 Å². The Hall–Kier alpha value is -2.91. The molecule has 0 saturated carbocycles. The van der Waals surface area contributed by atoms with Crippen LogP contribution in [0, 0.1) is 0 Å². The van der Waals surface area contributed by atoms with Gasteiger partial charge in [-0.05, 0) is 24.1 Å². The number of carbonyl (C=O) groups excluding carboxylic acids is 3. The third kappa shape index (κ3) is 4.71. The second-order valence-electron chi connectivity index (χ2n) is 10.7. The van der Waals surface area contributed by atoms with E-state index < -0.39 is 11.9 Å². The molecule has 3 heterocycles. The topological polar surface area (TPSA) is 88.2 Å². The molecule has 1 N–H and O–H groups in total. The Labute approximate surface area is 228 Å². The molecule has 0 aliphatic carbocycles. The molecule has 2 saturated heterocycles. The second kappa shape index (κ2) is 10.7. The van der Waals surface area contributed by atoms with Gasteiger partial charge in [0.25, 0.3) is 5.91 Å². The van der Waals surface area contributed by atoms with Crippen LogP contribution in [-0.2, 0) is 27.5 Å². The number of hydrogen-bond acceptors (Lipinski definition) is 6. The largest absolute Gasteiger partial charge is 0.489 e. The molecule has 5 rings (SSSR count). The van der Waals surface area contributed by atoms with Gasteiger partial charge in [-0.2, -0.15) is 0 Å². The summed E-state index contributed by atoms with van der Waals surface area (Å²) in [5.74, 6) is 0.0773. The quantitative estimate of drug-likeness (QED) is 0.309. The van der Waals surface area contributed by atoms with E-state index in [1.807, 2.05) is 12.1 Å². The van der Waals surface area contributed by atoms with Crippen molar-refractivity contribution in [2.24, 2.45) is 0 Å². The minimum Gasteiger partial charge on any atom is -0.489 e. The fraction of sp³-hybridized carbons (Fsp3) is 0.400. The first-order valence-corrected chi connectivity index (χ1v) is 13.5. The van der Waals surface area contributed by atoms with Gasteiger partial charge in [0, 0.05) is 36.6 Å². The van der Waals surface area contributed by atoms with Gasteiger partial charge >= 0.3 is 0 Å². The first-order chi connectivity index (χ1) is 18.2. The van der Waals surface area contributed by atoms with E-state index in [4.69, 9.17) is 9.47 Å². The number of rotatable bonds is 6. The van der Waals surface area contributed by atoms with Crippen molar-refractivity contribution in [2.45, 2.75) is 38.0 Å². The van der Waals surface area contributed by atoms with Crippen molar-refractivity contribution in [1.29, 1.82) is 0 Å². The Kier molecular flexibility index (Phi) is 7.51. The fourth-order valence-electron chi connectivity index (χ4n) is 6.25. The third-order valence-electron chi connectivity index (χ3n) is 8.76. The fourth-order valence-corrected chi connectivity index (χ4v) is 6.25. The molecule has 2 unspecified atom stereocenters. The Bertz CT molecular complexity index is 1290. The minimum atomic E-state index is -0.642. The molecule has 38 heavy (non-hydrogen) atoms. The van der Waals surface area contributed by atoms with Crippen LogP contribution < -0.4 is 31.9 Å². The molecule has 0 radical (unpaired) electrons. The van der Waals surface area contributed by atoms with Crippen LogP contribution in [0.4, 0.5) is 0 Å². The lowest BCUT2D eigenvalue weighted by Gasteiger charge is -2.36. The molecule has 2 atom stereocenters. The highest BCUT2D eigenvalue weighted by atomic mass is 16.5. The number of morpholine rings is 1. The number of hydrogen-bond donors (Lipinski definition) is 1. The third-order valence-corrected chi connectivity index (χ3v) is 8.76. The Balaban J connectivity index is 1.37. The lowest BCUT2D eigenvalue weighted by Crippen LogP contribution is -2.52. The number of piperidine rings is 1. The number of fused-ring (bicyclic) bond motifs is 1. The molecule has 0 spiro atoms. The molecular weight excluding hydrogens is 476 g/mol. The molecule has 3 amide bonds. The summed E-state index contributed by atoms with van der Waals surface area (Å²) in [4.78, 5) is 41.2. The van der Waals surface area contributed by atoms with Gasteiger partial charge in [-0.25, -0.2) is 0 Å². The summed E-state index contributed by atoms with van der Waals surface area (Å²) in [6, 6.07) is 4.85. The zero-order chi connectivity index (χ0) is 27.1. The maximum Gasteiger partial charge on any atom is 0.255 e. The predicted molar refractivity (Wildman–Crippen MR) is 160 cm³/mol. The maximum absolute atomic E-state index is 13.2. The van der Waals surface area contributed by atoms with Crippen molar-refractivity contribution >= 4 is 78.8 Å². The van der Waals surface area contributed by atoms with Crippen LogP contribution in [-0.4, -0.2) is 99.1 Å². The van der Waals surface area contributed by atoms with Crippen LogP contribution in [0.2, 0.25) is 0 Å². The van der Waals surface area contributed by atoms with Crippen LogP contribution in [0.15, 0.2) is 18.2 Å². The summed E-state index contributed by atoms with van der Waals surface area (Å²) >= 11 is 0. The maximum atomic E-state index is 13.2. The average molecular weight is 509 g/mol. The average Bonchev–Trinajstić information content (AvgIpc) is 3.25. The van der Waals surface area contributed by atoms with E-state index in [1.54, 1.807) is 11.0 Å². The number of nitrogens with zero attached hydrogens (tertiary/aromatic N) is 2. The van der Waals surface area contributed by atoms with Crippen LogP contribution in [0.25, 0.3) is 0 Å². The second-order valence-corrected chi connectivity index (χ2v) is 10.7. The molecule has 2 aromatic rings. The van der Waals surface area contributed by atoms with Gasteiger partial charge in [-0.15, -0.1) is 0 Å². The summed E-state index contributed by atoms with van der Waals surface area (Å²) < 4.78 is 12.0. The van der Waals surface area contributed by atoms with E-state index in [0.29, 0.717) is 36.8 Å². The normalized spacial score (nSPS) is 20.8. The van der Waals surface area contributed by atoms with E-state index in [2.05, 4.69) is 49.4 Å². The number of imide groups is 1. The van der Waals surface area contributed by atoms with E-state index in [0.717, 1.165) is 31.9 Å². The van der Waals surface area contributed by atoms with E-state index in [1.165, 1.54) is 33.0 Å². The zero-order valence-corrected chi connectivity index (χ0v) is 23.0. The molecule has 8 nitrogen and oxygen atoms in total. The Morgan fingerprint density at radius 2 is 1.71 bits per heavy atom. The molecule has 3 aliphatic rings. The minimum absolute atomic E-state index is 0.194. The van der Waals surface area contributed by atoms with Gasteiger partial charge in [-0.3, -0.25) is 24.6 Å². The predicted octanol–water partition coefficient (Wildman–Crippen LogP) is -5.98. The van der Waals surface area contributed by atoms with Gasteiger partial charge in [0.2, 0.25) is 11.8 Å². The summed E-state index contributed by atoms with van der Waals surface area (Å²) in [5.41, 5.74) is 8.96. The number of amides is 3. The SMILES string of the molecule is Bc1c(B)c(C(B)N2CCOCC2)c(B)c(B)c1COc1cccc2c1CN(C1CCC(=O)NC1=O)C2=O. The van der Waals surface area contributed by atoms with E-state index >= 15 is 0 Å². The molecular formula is C25H32B5N3O5.